The molecule has 0 N–H and O–H groups in total. The van der Waals surface area contributed by atoms with Gasteiger partial charge in [0.1, 0.15) is 0 Å². The molecule has 2 heterocycles. The Labute approximate surface area is 87.7 Å². The van der Waals surface area contributed by atoms with E-state index in [4.69, 9.17) is 11.6 Å². The highest BCUT2D eigenvalue weighted by Crippen LogP contribution is 2.29. The summed E-state index contributed by atoms with van der Waals surface area (Å²) in [6.45, 7) is 5.89. The van der Waals surface area contributed by atoms with E-state index < -0.39 is 0 Å². The lowest BCUT2D eigenvalue weighted by molar-refractivity contribution is 0.772. The molecule has 0 spiro atoms. The number of nitrogens with zero attached hydrogens (tertiary/aromatic N) is 3. The molecule has 0 saturated heterocycles. The van der Waals surface area contributed by atoms with Crippen LogP contribution < -0.4 is 0 Å². The minimum atomic E-state index is 0.776. The van der Waals surface area contributed by atoms with Crippen LogP contribution >= 0.6 is 11.6 Å². The van der Waals surface area contributed by atoms with Crippen molar-refractivity contribution in [1.29, 1.82) is 0 Å². The maximum Gasteiger partial charge on any atom is 0.159 e. The first-order chi connectivity index (χ1) is 6.52. The van der Waals surface area contributed by atoms with Gasteiger partial charge in [0.25, 0.3) is 0 Å². The number of aryl methyl sites for hydroxylation is 3. The zero-order chi connectivity index (χ0) is 10.5. The van der Waals surface area contributed by atoms with Gasteiger partial charge in [-0.1, -0.05) is 11.6 Å². The molecule has 0 unspecified atom stereocenters. The summed E-state index contributed by atoms with van der Waals surface area (Å²) in [5, 5.41) is 6.05. The van der Waals surface area contributed by atoms with Gasteiger partial charge in [-0.2, -0.15) is 5.10 Å². The van der Waals surface area contributed by atoms with E-state index in [0.29, 0.717) is 0 Å². The summed E-state index contributed by atoms with van der Waals surface area (Å²) in [5.74, 6) is 0. The minimum absolute atomic E-state index is 0.776. The number of hydrogen-bond donors (Lipinski definition) is 0. The summed E-state index contributed by atoms with van der Waals surface area (Å²) >= 11 is 6.26. The molecule has 14 heavy (non-hydrogen) atoms. The van der Waals surface area contributed by atoms with E-state index in [-0.39, 0.29) is 0 Å². The van der Waals surface area contributed by atoms with Crippen molar-refractivity contribution in [3.8, 4) is 0 Å². The number of rotatable bonds is 0. The van der Waals surface area contributed by atoms with Crippen LogP contribution in [-0.2, 0) is 7.05 Å². The number of fused-ring (bicyclic) bond motifs is 1. The van der Waals surface area contributed by atoms with Gasteiger partial charge in [-0.3, -0.25) is 4.68 Å². The molecule has 2 aromatic heterocycles. The molecule has 0 aromatic carbocycles. The van der Waals surface area contributed by atoms with Gasteiger partial charge in [-0.05, 0) is 26.3 Å². The van der Waals surface area contributed by atoms with Crippen LogP contribution in [0.15, 0.2) is 0 Å². The summed E-state index contributed by atoms with van der Waals surface area (Å²) in [6.07, 6.45) is 0. The standard InChI is InChI=1S/C10H12ClN3/c1-5-6(2)12-10-8(9(5)11)7(3)13-14(10)4/h1-4H3. The van der Waals surface area contributed by atoms with Gasteiger partial charge in [0.2, 0.25) is 0 Å². The van der Waals surface area contributed by atoms with Crippen LogP contribution in [0.5, 0.6) is 0 Å². The maximum absolute atomic E-state index is 6.26. The van der Waals surface area contributed by atoms with Crippen molar-refractivity contribution in [2.24, 2.45) is 7.05 Å². The van der Waals surface area contributed by atoms with E-state index >= 15 is 0 Å². The van der Waals surface area contributed by atoms with Gasteiger partial charge in [0.05, 0.1) is 16.1 Å². The summed E-state index contributed by atoms with van der Waals surface area (Å²) in [4.78, 5) is 4.47. The predicted octanol–water partition coefficient (Wildman–Crippen LogP) is 2.55. The molecular weight excluding hydrogens is 198 g/mol. The highest BCUT2D eigenvalue weighted by Gasteiger charge is 2.13. The van der Waals surface area contributed by atoms with Crippen molar-refractivity contribution in [3.05, 3.63) is 22.0 Å². The molecule has 0 aliphatic rings. The molecule has 0 aliphatic heterocycles. The first-order valence-electron chi connectivity index (χ1n) is 4.48. The number of hydrogen-bond acceptors (Lipinski definition) is 2. The van der Waals surface area contributed by atoms with Crippen LogP contribution in [0, 0.1) is 20.8 Å². The molecule has 0 radical (unpaired) electrons. The third-order valence-electron chi connectivity index (χ3n) is 2.56. The summed E-state index contributed by atoms with van der Waals surface area (Å²) < 4.78 is 1.77. The number of pyridine rings is 1. The Balaban J connectivity index is 3.01. The average Bonchev–Trinajstić information content (AvgIpc) is 2.38. The van der Waals surface area contributed by atoms with Crippen LogP contribution in [0.4, 0.5) is 0 Å². The molecule has 0 fully saturated rings. The highest BCUT2D eigenvalue weighted by atomic mass is 35.5. The fourth-order valence-corrected chi connectivity index (χ4v) is 1.98. The molecule has 2 aromatic rings. The number of halogens is 1. The van der Waals surface area contributed by atoms with E-state index in [1.807, 2.05) is 27.8 Å². The minimum Gasteiger partial charge on any atom is -0.250 e. The Kier molecular flexibility index (Phi) is 2.00. The van der Waals surface area contributed by atoms with E-state index in [0.717, 1.165) is 33.0 Å². The number of aromatic nitrogens is 3. The molecule has 0 bridgehead atoms. The second-order valence-corrected chi connectivity index (χ2v) is 3.92. The van der Waals surface area contributed by atoms with E-state index in [1.165, 1.54) is 0 Å². The Hall–Kier alpha value is -1.09. The molecular formula is C10H12ClN3. The lowest BCUT2D eigenvalue weighted by Crippen LogP contribution is -1.95. The second-order valence-electron chi connectivity index (χ2n) is 3.54. The largest absolute Gasteiger partial charge is 0.250 e. The van der Waals surface area contributed by atoms with Gasteiger partial charge in [-0.15, -0.1) is 0 Å². The Morgan fingerprint density at radius 2 is 1.79 bits per heavy atom. The van der Waals surface area contributed by atoms with E-state index in [9.17, 15) is 0 Å². The van der Waals surface area contributed by atoms with Crippen LogP contribution in [0.2, 0.25) is 5.02 Å². The van der Waals surface area contributed by atoms with Crippen molar-refractivity contribution in [1.82, 2.24) is 14.8 Å². The SMILES string of the molecule is Cc1nc2c(c(C)nn2C)c(Cl)c1C. The summed E-state index contributed by atoms with van der Waals surface area (Å²) in [6, 6.07) is 0. The fraction of sp³-hybridized carbons (Fsp3) is 0.400. The third-order valence-corrected chi connectivity index (χ3v) is 3.03. The van der Waals surface area contributed by atoms with Gasteiger partial charge in [0.15, 0.2) is 5.65 Å². The maximum atomic E-state index is 6.26. The Morgan fingerprint density at radius 3 is 2.43 bits per heavy atom. The third kappa shape index (κ3) is 1.12. The second kappa shape index (κ2) is 2.95. The van der Waals surface area contributed by atoms with Gasteiger partial charge in [-0.25, -0.2) is 4.98 Å². The molecule has 74 valence electrons. The quantitative estimate of drug-likeness (QED) is 0.668. The lowest BCUT2D eigenvalue weighted by Gasteiger charge is -2.03. The van der Waals surface area contributed by atoms with Crippen molar-refractivity contribution in [2.45, 2.75) is 20.8 Å². The fourth-order valence-electron chi connectivity index (χ4n) is 1.62. The van der Waals surface area contributed by atoms with E-state index in [1.54, 1.807) is 4.68 Å². The zero-order valence-corrected chi connectivity index (χ0v) is 9.48. The van der Waals surface area contributed by atoms with Gasteiger partial charge >= 0.3 is 0 Å². The van der Waals surface area contributed by atoms with Crippen molar-refractivity contribution < 1.29 is 0 Å². The molecule has 0 saturated carbocycles. The van der Waals surface area contributed by atoms with Crippen LogP contribution in [0.3, 0.4) is 0 Å². The summed E-state index contributed by atoms with van der Waals surface area (Å²) in [7, 11) is 1.88. The van der Waals surface area contributed by atoms with Gasteiger partial charge in [0, 0.05) is 12.7 Å². The van der Waals surface area contributed by atoms with Crippen molar-refractivity contribution >= 4 is 22.6 Å². The van der Waals surface area contributed by atoms with Crippen LogP contribution in [-0.4, -0.2) is 14.8 Å². The van der Waals surface area contributed by atoms with Crippen LogP contribution in [0.1, 0.15) is 17.0 Å². The highest BCUT2D eigenvalue weighted by molar-refractivity contribution is 6.36. The average molecular weight is 210 g/mol. The monoisotopic (exact) mass is 209 g/mol. The van der Waals surface area contributed by atoms with Crippen molar-refractivity contribution in [3.63, 3.8) is 0 Å². The Morgan fingerprint density at radius 1 is 1.14 bits per heavy atom. The molecule has 4 heteroatoms. The molecule has 0 aliphatic carbocycles. The summed E-state index contributed by atoms with van der Waals surface area (Å²) in [5.41, 5.74) is 3.79. The first kappa shape index (κ1) is 9.46. The smallest absolute Gasteiger partial charge is 0.159 e. The lowest BCUT2D eigenvalue weighted by atomic mass is 10.1. The normalized spacial score (nSPS) is 11.2. The predicted molar refractivity (Wildman–Crippen MR) is 57.7 cm³/mol. The molecule has 3 nitrogen and oxygen atoms in total. The first-order valence-corrected chi connectivity index (χ1v) is 4.86. The topological polar surface area (TPSA) is 30.7 Å². The molecule has 2 rings (SSSR count). The van der Waals surface area contributed by atoms with Crippen LogP contribution in [0.25, 0.3) is 11.0 Å². The van der Waals surface area contributed by atoms with Crippen molar-refractivity contribution in [2.75, 3.05) is 0 Å². The molecule has 0 amide bonds. The van der Waals surface area contributed by atoms with Gasteiger partial charge < -0.3 is 0 Å². The zero-order valence-electron chi connectivity index (χ0n) is 8.72. The molecule has 0 atom stereocenters. The Bertz CT molecular complexity index is 514. The van der Waals surface area contributed by atoms with E-state index in [2.05, 4.69) is 10.1 Å².